The maximum absolute atomic E-state index is 13.0. The lowest BCUT2D eigenvalue weighted by molar-refractivity contribution is -0.137. The number of imidazole rings is 1. The van der Waals surface area contributed by atoms with E-state index in [1.54, 1.807) is 4.90 Å². The second kappa shape index (κ2) is 7.69. The Balaban J connectivity index is 1.80. The van der Waals surface area contributed by atoms with Gasteiger partial charge in [0.05, 0.1) is 28.2 Å². The van der Waals surface area contributed by atoms with Gasteiger partial charge in [-0.1, -0.05) is 25.4 Å². The van der Waals surface area contributed by atoms with Gasteiger partial charge in [-0.15, -0.1) is 0 Å². The van der Waals surface area contributed by atoms with E-state index in [0.717, 1.165) is 6.07 Å². The largest absolute Gasteiger partial charge is 0.449 e. The molecule has 2 aromatic rings. The summed E-state index contributed by atoms with van der Waals surface area (Å²) in [6.45, 7) is 5.02. The van der Waals surface area contributed by atoms with Crippen LogP contribution in [-0.2, 0) is 10.9 Å². The summed E-state index contributed by atoms with van der Waals surface area (Å²) in [4.78, 5) is 28.5. The molecule has 0 aliphatic carbocycles. The third kappa shape index (κ3) is 4.14. The number of alkyl halides is 3. The van der Waals surface area contributed by atoms with Crippen LogP contribution in [0.15, 0.2) is 16.9 Å². The van der Waals surface area contributed by atoms with E-state index < -0.39 is 28.5 Å². The van der Waals surface area contributed by atoms with Crippen LogP contribution in [0.2, 0.25) is 5.02 Å². The standard InChI is InChI=1S/C18H21ClF3N3O3/c1-10(2)9-28-17(27)24-5-3-11(4-6-24)25-15-8-13(19)12(18(20,21)22)7-14(15)23-16(25)26/h7-8,10-11H,3-6,9H2,1-2H3,(H,23,26). The summed E-state index contributed by atoms with van der Waals surface area (Å²) in [5.74, 6) is 0.234. The SMILES string of the molecule is CC(C)COC(=O)N1CCC(n2c(=O)[nH]c3cc(C(F)(F)F)c(Cl)cc32)CC1. The maximum atomic E-state index is 13.0. The first-order valence-corrected chi connectivity index (χ1v) is 9.38. The summed E-state index contributed by atoms with van der Waals surface area (Å²) >= 11 is 5.81. The molecule has 1 aromatic carbocycles. The summed E-state index contributed by atoms with van der Waals surface area (Å²) in [5, 5.41) is -0.456. The molecule has 10 heteroatoms. The van der Waals surface area contributed by atoms with Crippen molar-refractivity contribution < 1.29 is 22.7 Å². The van der Waals surface area contributed by atoms with Crippen LogP contribution in [0.1, 0.15) is 38.3 Å². The van der Waals surface area contributed by atoms with Crippen LogP contribution in [-0.4, -0.2) is 40.2 Å². The number of halogens is 4. The first kappa shape index (κ1) is 20.6. The van der Waals surface area contributed by atoms with Crippen LogP contribution in [0.25, 0.3) is 11.0 Å². The topological polar surface area (TPSA) is 67.3 Å². The molecule has 0 spiro atoms. The zero-order chi connectivity index (χ0) is 20.6. The molecule has 1 aromatic heterocycles. The maximum Gasteiger partial charge on any atom is 0.417 e. The quantitative estimate of drug-likeness (QED) is 0.800. The lowest BCUT2D eigenvalue weighted by Crippen LogP contribution is -2.41. The molecule has 1 saturated heterocycles. The first-order valence-electron chi connectivity index (χ1n) is 9.00. The Hall–Kier alpha value is -2.16. The van der Waals surface area contributed by atoms with Gasteiger partial charge in [-0.05, 0) is 30.9 Å². The van der Waals surface area contributed by atoms with Crippen molar-refractivity contribution in [3.05, 3.63) is 33.2 Å². The number of piperidine rings is 1. The minimum absolute atomic E-state index is 0.0838. The number of nitrogens with zero attached hydrogens (tertiary/aromatic N) is 2. The van der Waals surface area contributed by atoms with Gasteiger partial charge < -0.3 is 14.6 Å². The molecule has 0 saturated carbocycles. The minimum atomic E-state index is -4.61. The van der Waals surface area contributed by atoms with Crippen molar-refractivity contribution >= 4 is 28.7 Å². The molecule has 1 N–H and O–H groups in total. The van der Waals surface area contributed by atoms with E-state index in [4.69, 9.17) is 16.3 Å². The van der Waals surface area contributed by atoms with E-state index in [1.807, 2.05) is 13.8 Å². The van der Waals surface area contributed by atoms with Crippen molar-refractivity contribution in [2.75, 3.05) is 19.7 Å². The molecule has 0 unspecified atom stereocenters. The van der Waals surface area contributed by atoms with Crippen LogP contribution >= 0.6 is 11.6 Å². The molecule has 154 valence electrons. The third-order valence-corrected chi connectivity index (χ3v) is 5.05. The molecule has 6 nitrogen and oxygen atoms in total. The van der Waals surface area contributed by atoms with Gasteiger partial charge in [-0.25, -0.2) is 9.59 Å². The Morgan fingerprint density at radius 1 is 1.32 bits per heavy atom. The second-order valence-corrected chi connectivity index (χ2v) is 7.74. The molecule has 1 amide bonds. The number of hydrogen-bond acceptors (Lipinski definition) is 3. The van der Waals surface area contributed by atoms with Gasteiger partial charge in [-0.3, -0.25) is 4.57 Å². The van der Waals surface area contributed by atoms with Crippen molar-refractivity contribution in [1.82, 2.24) is 14.5 Å². The van der Waals surface area contributed by atoms with Crippen molar-refractivity contribution in [3.63, 3.8) is 0 Å². The number of rotatable bonds is 3. The number of benzene rings is 1. The summed E-state index contributed by atoms with van der Waals surface area (Å²) in [7, 11) is 0. The molecule has 3 rings (SSSR count). The lowest BCUT2D eigenvalue weighted by atomic mass is 10.0. The number of likely N-dealkylation sites (tertiary alicyclic amines) is 1. The fourth-order valence-corrected chi connectivity index (χ4v) is 3.63. The van der Waals surface area contributed by atoms with Gasteiger partial charge in [0.15, 0.2) is 0 Å². The van der Waals surface area contributed by atoms with E-state index >= 15 is 0 Å². The van der Waals surface area contributed by atoms with E-state index in [1.165, 1.54) is 10.6 Å². The Labute approximate surface area is 164 Å². The molecular weight excluding hydrogens is 399 g/mol. The van der Waals surface area contributed by atoms with Gasteiger partial charge in [-0.2, -0.15) is 13.2 Å². The Morgan fingerprint density at radius 3 is 2.54 bits per heavy atom. The molecule has 0 atom stereocenters. The summed E-state index contributed by atoms with van der Waals surface area (Å²) < 4.78 is 45.8. The number of hydrogen-bond donors (Lipinski definition) is 1. The number of carbonyl (C=O) groups excluding carboxylic acids is 1. The fraction of sp³-hybridized carbons (Fsp3) is 0.556. The zero-order valence-corrected chi connectivity index (χ0v) is 16.2. The Bertz CT molecular complexity index is 928. The van der Waals surface area contributed by atoms with Crippen LogP contribution in [0, 0.1) is 5.92 Å². The van der Waals surface area contributed by atoms with E-state index in [-0.39, 0.29) is 17.5 Å². The van der Waals surface area contributed by atoms with Crippen molar-refractivity contribution in [2.24, 2.45) is 5.92 Å². The van der Waals surface area contributed by atoms with E-state index in [9.17, 15) is 22.8 Å². The van der Waals surface area contributed by atoms with Crippen LogP contribution in [0.3, 0.4) is 0 Å². The number of nitrogens with one attached hydrogen (secondary N) is 1. The zero-order valence-electron chi connectivity index (χ0n) is 15.5. The Kier molecular flexibility index (Phi) is 5.65. The average molecular weight is 420 g/mol. The van der Waals surface area contributed by atoms with Gasteiger partial charge in [0.25, 0.3) is 0 Å². The average Bonchev–Trinajstić information content (AvgIpc) is 2.93. The molecule has 1 fully saturated rings. The van der Waals surface area contributed by atoms with Crippen molar-refractivity contribution in [1.29, 1.82) is 0 Å². The molecule has 2 heterocycles. The number of H-pyrrole nitrogens is 1. The lowest BCUT2D eigenvalue weighted by Gasteiger charge is -2.32. The molecule has 28 heavy (non-hydrogen) atoms. The predicted molar refractivity (Wildman–Crippen MR) is 98.6 cm³/mol. The van der Waals surface area contributed by atoms with Crippen molar-refractivity contribution in [3.8, 4) is 0 Å². The number of ether oxygens (including phenoxy) is 1. The summed E-state index contributed by atoms with van der Waals surface area (Å²) in [5.41, 5.74) is -1.08. The Morgan fingerprint density at radius 2 is 1.96 bits per heavy atom. The number of aromatic nitrogens is 2. The highest BCUT2D eigenvalue weighted by Gasteiger charge is 2.34. The summed E-state index contributed by atoms with van der Waals surface area (Å²) in [6.07, 6.45) is -4.02. The minimum Gasteiger partial charge on any atom is -0.449 e. The smallest absolute Gasteiger partial charge is 0.417 e. The first-order chi connectivity index (χ1) is 13.1. The molecule has 1 aliphatic rings. The number of carbonyl (C=O) groups is 1. The van der Waals surface area contributed by atoms with Crippen LogP contribution in [0.5, 0.6) is 0 Å². The molecule has 1 aliphatic heterocycles. The van der Waals surface area contributed by atoms with E-state index in [2.05, 4.69) is 4.98 Å². The van der Waals surface area contributed by atoms with Crippen LogP contribution < -0.4 is 5.69 Å². The highest BCUT2D eigenvalue weighted by Crippen LogP contribution is 2.37. The molecule has 0 radical (unpaired) electrons. The van der Waals surface area contributed by atoms with Gasteiger partial charge in [0, 0.05) is 19.1 Å². The van der Waals surface area contributed by atoms with Crippen molar-refractivity contribution in [2.45, 2.75) is 38.9 Å². The third-order valence-electron chi connectivity index (χ3n) is 4.74. The monoisotopic (exact) mass is 419 g/mol. The fourth-order valence-electron chi connectivity index (χ4n) is 3.36. The highest BCUT2D eigenvalue weighted by atomic mass is 35.5. The van der Waals surface area contributed by atoms with Gasteiger partial charge in [0.1, 0.15) is 0 Å². The second-order valence-electron chi connectivity index (χ2n) is 7.34. The van der Waals surface area contributed by atoms with Gasteiger partial charge >= 0.3 is 18.0 Å². The normalized spacial score (nSPS) is 16.2. The predicted octanol–water partition coefficient (Wildman–Crippen LogP) is 4.43. The molecule has 0 bridgehead atoms. The highest BCUT2D eigenvalue weighted by molar-refractivity contribution is 6.32. The van der Waals surface area contributed by atoms with Crippen LogP contribution in [0.4, 0.5) is 18.0 Å². The number of aromatic amines is 1. The number of fused-ring (bicyclic) bond motifs is 1. The number of amides is 1. The summed E-state index contributed by atoms with van der Waals surface area (Å²) in [6, 6.07) is 1.78. The van der Waals surface area contributed by atoms with Gasteiger partial charge in [0.2, 0.25) is 0 Å². The van der Waals surface area contributed by atoms with E-state index in [0.29, 0.717) is 38.1 Å². The molecular formula is C18H21ClF3N3O3.